The minimum Gasteiger partial charge on any atom is -0.489 e. The number of benzene rings is 2. The summed E-state index contributed by atoms with van der Waals surface area (Å²) in [6.45, 7) is 1.92. The number of ether oxygens (including phenoxy) is 1. The molecule has 1 N–H and O–H groups in total. The van der Waals surface area contributed by atoms with Crippen LogP contribution in [-0.2, 0) is 13.2 Å². The Hall–Kier alpha value is -2.76. The van der Waals surface area contributed by atoms with Crippen LogP contribution in [0.15, 0.2) is 73.1 Å². The molecule has 0 saturated carbocycles. The summed E-state index contributed by atoms with van der Waals surface area (Å²) in [5.41, 5.74) is 3.22. The Bertz CT molecular complexity index is 853. The Kier molecular flexibility index (Phi) is 7.12. The van der Waals surface area contributed by atoms with Crippen LogP contribution in [0.3, 0.4) is 0 Å². The molecule has 0 aliphatic rings. The molecule has 0 amide bonds. The van der Waals surface area contributed by atoms with E-state index in [9.17, 15) is 4.39 Å². The summed E-state index contributed by atoms with van der Waals surface area (Å²) < 4.78 is 19.2. The fourth-order valence-corrected chi connectivity index (χ4v) is 3.06. The summed E-state index contributed by atoms with van der Waals surface area (Å²) in [6, 6.07) is 18.8. The lowest BCUT2D eigenvalue weighted by molar-refractivity contribution is 0.284. The quantitative estimate of drug-likeness (QED) is 0.605. The van der Waals surface area contributed by atoms with Gasteiger partial charge in [0.2, 0.25) is 0 Å². The van der Waals surface area contributed by atoms with Crippen molar-refractivity contribution in [2.24, 2.45) is 0 Å². The Morgan fingerprint density at radius 3 is 2.54 bits per heavy atom. The molecule has 4 nitrogen and oxygen atoms in total. The van der Waals surface area contributed by atoms with Crippen molar-refractivity contribution < 1.29 is 9.13 Å². The summed E-state index contributed by atoms with van der Waals surface area (Å²) in [7, 11) is 4.06. The van der Waals surface area contributed by atoms with E-state index in [-0.39, 0.29) is 11.9 Å². The molecule has 3 aromatic rings. The summed E-state index contributed by atoms with van der Waals surface area (Å²) in [4.78, 5) is 6.25. The van der Waals surface area contributed by atoms with E-state index in [1.54, 1.807) is 6.20 Å². The molecule has 2 aromatic carbocycles. The standard InChI is InChI=1S/C23H26FN3O/c1-27(2)22(19-9-11-21(24)12-10-19)16-26-15-20-7-3-4-8-23(20)28-17-18-6-5-13-25-14-18/h3-14,22,26H,15-17H2,1-2H3. The van der Waals surface area contributed by atoms with E-state index in [0.717, 1.165) is 29.0 Å². The SMILES string of the molecule is CN(C)C(CNCc1ccccc1OCc1cccnc1)c1ccc(F)cc1. The van der Waals surface area contributed by atoms with E-state index < -0.39 is 0 Å². The molecule has 3 rings (SSSR count). The molecular weight excluding hydrogens is 353 g/mol. The second kappa shape index (κ2) is 9.97. The minimum atomic E-state index is -0.214. The second-order valence-electron chi connectivity index (χ2n) is 6.92. The zero-order chi connectivity index (χ0) is 19.8. The molecule has 1 heterocycles. The Morgan fingerprint density at radius 1 is 1.04 bits per heavy atom. The topological polar surface area (TPSA) is 37.4 Å². The maximum atomic E-state index is 13.2. The van der Waals surface area contributed by atoms with Gasteiger partial charge in [-0.15, -0.1) is 0 Å². The molecule has 0 spiro atoms. The van der Waals surface area contributed by atoms with Crippen molar-refractivity contribution in [1.82, 2.24) is 15.2 Å². The molecule has 0 bridgehead atoms. The van der Waals surface area contributed by atoms with Gasteiger partial charge in [0.1, 0.15) is 18.2 Å². The third kappa shape index (κ3) is 5.62. The molecule has 146 valence electrons. The Balaban J connectivity index is 1.60. The number of nitrogens with one attached hydrogen (secondary N) is 1. The fraction of sp³-hybridized carbons (Fsp3) is 0.261. The van der Waals surface area contributed by atoms with E-state index in [2.05, 4.69) is 21.3 Å². The molecule has 28 heavy (non-hydrogen) atoms. The van der Waals surface area contributed by atoms with Crippen LogP contribution in [-0.4, -0.2) is 30.5 Å². The molecule has 1 atom stereocenters. The molecule has 0 radical (unpaired) electrons. The van der Waals surface area contributed by atoms with Crippen LogP contribution in [0.25, 0.3) is 0 Å². The largest absolute Gasteiger partial charge is 0.489 e. The lowest BCUT2D eigenvalue weighted by Gasteiger charge is -2.25. The predicted octanol–water partition coefficient (Wildman–Crippen LogP) is 4.19. The average Bonchev–Trinajstić information content (AvgIpc) is 2.72. The molecule has 1 unspecified atom stereocenters. The van der Waals surface area contributed by atoms with Crippen LogP contribution in [0.5, 0.6) is 5.75 Å². The number of hydrogen-bond acceptors (Lipinski definition) is 4. The molecule has 0 aliphatic heterocycles. The van der Waals surface area contributed by atoms with Crippen LogP contribution >= 0.6 is 0 Å². The number of halogens is 1. The van der Waals surface area contributed by atoms with Crippen molar-refractivity contribution in [1.29, 1.82) is 0 Å². The minimum absolute atomic E-state index is 0.157. The second-order valence-corrected chi connectivity index (χ2v) is 6.92. The monoisotopic (exact) mass is 379 g/mol. The van der Waals surface area contributed by atoms with Gasteiger partial charge in [0.05, 0.1) is 0 Å². The highest BCUT2D eigenvalue weighted by Crippen LogP contribution is 2.21. The highest BCUT2D eigenvalue weighted by atomic mass is 19.1. The van der Waals surface area contributed by atoms with Gasteiger partial charge in [-0.2, -0.15) is 0 Å². The first kappa shape index (κ1) is 20.0. The van der Waals surface area contributed by atoms with Crippen LogP contribution in [0.4, 0.5) is 4.39 Å². The van der Waals surface area contributed by atoms with Crippen LogP contribution in [0, 0.1) is 5.82 Å². The van der Waals surface area contributed by atoms with Gasteiger partial charge >= 0.3 is 0 Å². The number of nitrogens with zero attached hydrogens (tertiary/aromatic N) is 2. The zero-order valence-corrected chi connectivity index (χ0v) is 16.3. The summed E-state index contributed by atoms with van der Waals surface area (Å²) in [5.74, 6) is 0.649. The van der Waals surface area contributed by atoms with E-state index in [1.807, 2.05) is 62.8 Å². The molecule has 0 aliphatic carbocycles. The maximum absolute atomic E-state index is 13.2. The van der Waals surface area contributed by atoms with Crippen LogP contribution in [0.2, 0.25) is 0 Å². The molecule has 0 fully saturated rings. The Morgan fingerprint density at radius 2 is 1.82 bits per heavy atom. The first-order valence-corrected chi connectivity index (χ1v) is 9.35. The number of aromatic nitrogens is 1. The smallest absolute Gasteiger partial charge is 0.124 e. The predicted molar refractivity (Wildman–Crippen MR) is 110 cm³/mol. The van der Waals surface area contributed by atoms with Gasteiger partial charge in [-0.3, -0.25) is 4.98 Å². The fourth-order valence-electron chi connectivity index (χ4n) is 3.06. The van der Waals surface area contributed by atoms with E-state index in [1.165, 1.54) is 12.1 Å². The van der Waals surface area contributed by atoms with Gasteiger partial charge in [0.15, 0.2) is 0 Å². The van der Waals surface area contributed by atoms with Crippen molar-refractivity contribution in [3.05, 3.63) is 95.6 Å². The number of para-hydroxylation sites is 1. The number of hydrogen-bond donors (Lipinski definition) is 1. The van der Waals surface area contributed by atoms with Crippen molar-refractivity contribution in [2.45, 2.75) is 19.2 Å². The molecular formula is C23H26FN3O. The number of rotatable bonds is 9. The zero-order valence-electron chi connectivity index (χ0n) is 16.3. The van der Waals surface area contributed by atoms with Crippen molar-refractivity contribution in [3.63, 3.8) is 0 Å². The maximum Gasteiger partial charge on any atom is 0.124 e. The lowest BCUT2D eigenvalue weighted by Crippen LogP contribution is -2.30. The lowest BCUT2D eigenvalue weighted by atomic mass is 10.1. The summed E-state index contributed by atoms with van der Waals surface area (Å²) in [5, 5.41) is 3.51. The molecule has 5 heteroatoms. The van der Waals surface area contributed by atoms with E-state index in [0.29, 0.717) is 13.2 Å². The third-order valence-electron chi connectivity index (χ3n) is 4.62. The van der Waals surface area contributed by atoms with Crippen molar-refractivity contribution in [2.75, 3.05) is 20.6 Å². The van der Waals surface area contributed by atoms with E-state index >= 15 is 0 Å². The van der Waals surface area contributed by atoms with Gasteiger partial charge in [-0.1, -0.05) is 36.4 Å². The first-order valence-electron chi connectivity index (χ1n) is 9.35. The van der Waals surface area contributed by atoms with Crippen LogP contribution in [0.1, 0.15) is 22.7 Å². The van der Waals surface area contributed by atoms with Crippen molar-refractivity contribution in [3.8, 4) is 5.75 Å². The number of pyridine rings is 1. The van der Waals surface area contributed by atoms with E-state index in [4.69, 9.17) is 4.74 Å². The van der Waals surface area contributed by atoms with Gasteiger partial charge in [-0.25, -0.2) is 4.39 Å². The van der Waals surface area contributed by atoms with Gasteiger partial charge < -0.3 is 15.0 Å². The van der Waals surface area contributed by atoms with Gasteiger partial charge in [0, 0.05) is 42.7 Å². The summed E-state index contributed by atoms with van der Waals surface area (Å²) in [6.07, 6.45) is 3.56. The normalized spacial score (nSPS) is 12.1. The average molecular weight is 379 g/mol. The van der Waals surface area contributed by atoms with Gasteiger partial charge in [-0.05, 0) is 43.9 Å². The third-order valence-corrected chi connectivity index (χ3v) is 4.62. The molecule has 0 saturated heterocycles. The van der Waals surface area contributed by atoms with Gasteiger partial charge in [0.25, 0.3) is 0 Å². The highest BCUT2D eigenvalue weighted by molar-refractivity contribution is 5.33. The Labute approximate surface area is 166 Å². The number of likely N-dealkylation sites (N-methyl/N-ethyl adjacent to an activating group) is 1. The molecule has 1 aromatic heterocycles. The first-order chi connectivity index (χ1) is 13.6. The van der Waals surface area contributed by atoms with Crippen molar-refractivity contribution >= 4 is 0 Å². The highest BCUT2D eigenvalue weighted by Gasteiger charge is 2.14. The summed E-state index contributed by atoms with van der Waals surface area (Å²) >= 11 is 0. The van der Waals surface area contributed by atoms with Crippen LogP contribution < -0.4 is 10.1 Å².